The zero-order valence-electron chi connectivity index (χ0n) is 13.1. The third-order valence-electron chi connectivity index (χ3n) is 3.81. The van der Waals surface area contributed by atoms with E-state index in [0.29, 0.717) is 11.4 Å². The molecule has 0 radical (unpaired) electrons. The number of esters is 1. The number of carbonyl (C=O) groups is 1. The Morgan fingerprint density at radius 3 is 2.30 bits per heavy atom. The Balaban J connectivity index is 1.91. The van der Waals surface area contributed by atoms with Crippen LogP contribution < -0.4 is 4.74 Å². The van der Waals surface area contributed by atoms with Gasteiger partial charge in [0.1, 0.15) is 17.3 Å². The summed E-state index contributed by atoms with van der Waals surface area (Å²) in [6.07, 6.45) is 1.57. The fourth-order valence-electron chi connectivity index (χ4n) is 2.62. The number of hydrogen-bond donors (Lipinski definition) is 0. The van der Waals surface area contributed by atoms with E-state index >= 15 is 0 Å². The van der Waals surface area contributed by atoms with E-state index in [9.17, 15) is 4.79 Å². The highest BCUT2D eigenvalue weighted by molar-refractivity contribution is 5.89. The van der Waals surface area contributed by atoms with E-state index in [-0.39, 0.29) is 6.04 Å². The standard InChI is InChI=1S/C19H18N2O2/c1-14(16-9-5-3-6-10-16)21-15(2)20-13-18(21)19(22)23-17-11-7-4-8-12-17/h3-14H,1-2H3. The molecule has 4 heteroatoms. The summed E-state index contributed by atoms with van der Waals surface area (Å²) in [5, 5.41) is 0. The molecule has 0 aliphatic heterocycles. The zero-order valence-corrected chi connectivity index (χ0v) is 13.1. The van der Waals surface area contributed by atoms with Crippen molar-refractivity contribution in [3.05, 3.63) is 83.9 Å². The maximum atomic E-state index is 12.5. The molecule has 0 amide bonds. The maximum Gasteiger partial charge on any atom is 0.362 e. The third-order valence-corrected chi connectivity index (χ3v) is 3.81. The minimum absolute atomic E-state index is 0.00276. The largest absolute Gasteiger partial charge is 0.422 e. The second kappa shape index (κ2) is 6.48. The van der Waals surface area contributed by atoms with Crippen molar-refractivity contribution in [3.8, 4) is 5.75 Å². The molecule has 0 fully saturated rings. The first-order valence-corrected chi connectivity index (χ1v) is 7.53. The average molecular weight is 306 g/mol. The van der Waals surface area contributed by atoms with Gasteiger partial charge in [0.05, 0.1) is 12.2 Å². The highest BCUT2D eigenvalue weighted by Gasteiger charge is 2.21. The van der Waals surface area contributed by atoms with Crippen LogP contribution in [0, 0.1) is 6.92 Å². The molecule has 0 N–H and O–H groups in total. The molecular formula is C19H18N2O2. The molecule has 0 aliphatic rings. The lowest BCUT2D eigenvalue weighted by molar-refractivity contribution is 0.0722. The van der Waals surface area contributed by atoms with Crippen molar-refractivity contribution >= 4 is 5.97 Å². The van der Waals surface area contributed by atoms with Gasteiger partial charge in [0.25, 0.3) is 0 Å². The summed E-state index contributed by atoms with van der Waals surface area (Å²) in [5.41, 5.74) is 1.56. The van der Waals surface area contributed by atoms with Gasteiger partial charge in [-0.05, 0) is 31.5 Å². The Hall–Kier alpha value is -2.88. The monoisotopic (exact) mass is 306 g/mol. The van der Waals surface area contributed by atoms with Crippen molar-refractivity contribution in [1.29, 1.82) is 0 Å². The number of ether oxygens (including phenoxy) is 1. The van der Waals surface area contributed by atoms with Crippen molar-refractivity contribution in [2.75, 3.05) is 0 Å². The lowest BCUT2D eigenvalue weighted by atomic mass is 10.1. The SMILES string of the molecule is Cc1ncc(C(=O)Oc2ccccc2)n1C(C)c1ccccc1. The van der Waals surface area contributed by atoms with Crippen LogP contribution in [0.15, 0.2) is 66.9 Å². The second-order valence-corrected chi connectivity index (χ2v) is 5.35. The van der Waals surface area contributed by atoms with E-state index in [2.05, 4.69) is 4.98 Å². The second-order valence-electron chi connectivity index (χ2n) is 5.35. The van der Waals surface area contributed by atoms with Crippen LogP contribution in [0.5, 0.6) is 5.75 Å². The van der Waals surface area contributed by atoms with Gasteiger partial charge in [-0.3, -0.25) is 0 Å². The van der Waals surface area contributed by atoms with Gasteiger partial charge >= 0.3 is 5.97 Å². The first kappa shape index (κ1) is 15.0. The quantitative estimate of drug-likeness (QED) is 0.540. The van der Waals surface area contributed by atoms with Crippen LogP contribution >= 0.6 is 0 Å². The molecule has 3 aromatic rings. The molecule has 23 heavy (non-hydrogen) atoms. The fourth-order valence-corrected chi connectivity index (χ4v) is 2.62. The first-order chi connectivity index (χ1) is 11.2. The molecule has 2 aromatic carbocycles. The molecule has 1 atom stereocenters. The van der Waals surface area contributed by atoms with Crippen molar-refractivity contribution in [3.63, 3.8) is 0 Å². The van der Waals surface area contributed by atoms with Crippen LogP contribution in [0.3, 0.4) is 0 Å². The number of imidazole rings is 1. The Labute approximate surface area is 135 Å². The Kier molecular flexibility index (Phi) is 4.24. The lowest BCUT2D eigenvalue weighted by Crippen LogP contribution is -2.19. The molecule has 116 valence electrons. The van der Waals surface area contributed by atoms with Gasteiger partial charge in [0.15, 0.2) is 0 Å². The molecule has 1 aromatic heterocycles. The normalized spacial score (nSPS) is 11.9. The number of aromatic nitrogens is 2. The molecule has 0 bridgehead atoms. The van der Waals surface area contributed by atoms with Crippen LogP contribution in [0.1, 0.15) is 34.8 Å². The molecular weight excluding hydrogens is 288 g/mol. The summed E-state index contributed by atoms with van der Waals surface area (Å²) in [4.78, 5) is 16.8. The molecule has 0 saturated heterocycles. The number of nitrogens with zero attached hydrogens (tertiary/aromatic N) is 2. The maximum absolute atomic E-state index is 12.5. The Bertz CT molecular complexity index is 795. The van der Waals surface area contributed by atoms with Crippen LogP contribution in [-0.4, -0.2) is 15.5 Å². The number of rotatable bonds is 4. The number of carbonyl (C=O) groups excluding carboxylic acids is 1. The summed E-state index contributed by atoms with van der Waals surface area (Å²) in [7, 11) is 0. The van der Waals surface area contributed by atoms with Crippen molar-refractivity contribution in [2.45, 2.75) is 19.9 Å². The number of hydrogen-bond acceptors (Lipinski definition) is 3. The van der Waals surface area contributed by atoms with Crippen molar-refractivity contribution in [1.82, 2.24) is 9.55 Å². The van der Waals surface area contributed by atoms with Crippen LogP contribution in [0.4, 0.5) is 0 Å². The van der Waals surface area contributed by atoms with Gasteiger partial charge in [-0.2, -0.15) is 0 Å². The van der Waals surface area contributed by atoms with Crippen LogP contribution in [0.25, 0.3) is 0 Å². The van der Waals surface area contributed by atoms with Gasteiger partial charge in [-0.15, -0.1) is 0 Å². The third kappa shape index (κ3) is 3.16. The number of para-hydroxylation sites is 1. The van der Waals surface area contributed by atoms with E-state index in [1.165, 1.54) is 0 Å². The molecule has 1 heterocycles. The zero-order chi connectivity index (χ0) is 16.2. The van der Waals surface area contributed by atoms with E-state index in [1.54, 1.807) is 18.3 Å². The average Bonchev–Trinajstić information content (AvgIpc) is 2.97. The first-order valence-electron chi connectivity index (χ1n) is 7.53. The Morgan fingerprint density at radius 2 is 1.65 bits per heavy atom. The van der Waals surface area contributed by atoms with Gasteiger partial charge in [-0.1, -0.05) is 48.5 Å². The molecule has 4 nitrogen and oxygen atoms in total. The van der Waals surface area contributed by atoms with Gasteiger partial charge in [0, 0.05) is 0 Å². The van der Waals surface area contributed by atoms with E-state index in [1.807, 2.05) is 66.9 Å². The molecule has 0 saturated carbocycles. The molecule has 0 spiro atoms. The van der Waals surface area contributed by atoms with Crippen molar-refractivity contribution in [2.24, 2.45) is 0 Å². The highest BCUT2D eigenvalue weighted by atomic mass is 16.5. The topological polar surface area (TPSA) is 44.1 Å². The van der Waals surface area contributed by atoms with Gasteiger partial charge in [0.2, 0.25) is 0 Å². The predicted octanol–water partition coefficient (Wildman–Crippen LogP) is 4.02. The van der Waals surface area contributed by atoms with Gasteiger partial charge in [-0.25, -0.2) is 9.78 Å². The predicted molar refractivity (Wildman–Crippen MR) is 88.6 cm³/mol. The highest BCUT2D eigenvalue weighted by Crippen LogP contribution is 2.22. The summed E-state index contributed by atoms with van der Waals surface area (Å²) in [5.74, 6) is 0.899. The van der Waals surface area contributed by atoms with Crippen LogP contribution in [0.2, 0.25) is 0 Å². The van der Waals surface area contributed by atoms with Crippen molar-refractivity contribution < 1.29 is 9.53 Å². The van der Waals surface area contributed by atoms with Gasteiger partial charge < -0.3 is 9.30 Å². The molecule has 0 aliphatic carbocycles. The summed E-state index contributed by atoms with van der Waals surface area (Å²) in [6.45, 7) is 3.93. The number of benzene rings is 2. The lowest BCUT2D eigenvalue weighted by Gasteiger charge is -2.18. The summed E-state index contributed by atoms with van der Waals surface area (Å²) >= 11 is 0. The molecule has 1 unspecified atom stereocenters. The Morgan fingerprint density at radius 1 is 1.04 bits per heavy atom. The van der Waals surface area contributed by atoms with E-state index in [0.717, 1.165) is 11.4 Å². The minimum Gasteiger partial charge on any atom is -0.422 e. The molecule has 3 rings (SSSR count). The summed E-state index contributed by atoms with van der Waals surface area (Å²) in [6, 6.07) is 19.1. The smallest absolute Gasteiger partial charge is 0.362 e. The van der Waals surface area contributed by atoms with Crippen LogP contribution in [-0.2, 0) is 0 Å². The fraction of sp³-hybridized carbons (Fsp3) is 0.158. The van der Waals surface area contributed by atoms with E-state index in [4.69, 9.17) is 4.74 Å². The number of aryl methyl sites for hydroxylation is 1. The van der Waals surface area contributed by atoms with E-state index < -0.39 is 5.97 Å². The minimum atomic E-state index is -0.403. The summed E-state index contributed by atoms with van der Waals surface area (Å²) < 4.78 is 7.34.